The molecule has 1 atom stereocenters. The van der Waals surface area contributed by atoms with Crippen molar-refractivity contribution in [3.63, 3.8) is 0 Å². The number of esters is 1. The van der Waals surface area contributed by atoms with Crippen LogP contribution in [0.2, 0.25) is 0 Å². The summed E-state index contributed by atoms with van der Waals surface area (Å²) >= 11 is 2.98. The highest BCUT2D eigenvalue weighted by Gasteiger charge is 2.21. The predicted molar refractivity (Wildman–Crippen MR) is 96.2 cm³/mol. The average Bonchev–Trinajstić information content (AvgIpc) is 3.25. The summed E-state index contributed by atoms with van der Waals surface area (Å²) in [5, 5.41) is 11.0. The van der Waals surface area contributed by atoms with Crippen LogP contribution in [0, 0.1) is 0 Å². The molecule has 24 heavy (non-hydrogen) atoms. The van der Waals surface area contributed by atoms with Crippen LogP contribution in [0.15, 0.2) is 53.0 Å². The van der Waals surface area contributed by atoms with E-state index < -0.39 is 0 Å². The van der Waals surface area contributed by atoms with Crippen molar-refractivity contribution in [2.75, 3.05) is 7.11 Å². The molecule has 0 radical (unpaired) electrons. The Labute approximate surface area is 148 Å². The smallest absolute Gasteiger partial charge is 0.318 e. The highest BCUT2D eigenvalue weighted by atomic mass is 32.2. The van der Waals surface area contributed by atoms with E-state index in [1.54, 1.807) is 11.3 Å². The molecule has 0 aliphatic heterocycles. The summed E-state index contributed by atoms with van der Waals surface area (Å²) in [6.45, 7) is 2.46. The number of ether oxygens (including phenoxy) is 1. The molecule has 0 fully saturated rings. The molecule has 0 N–H and O–H groups in total. The van der Waals surface area contributed by atoms with Crippen LogP contribution >= 0.6 is 23.1 Å². The van der Waals surface area contributed by atoms with Crippen LogP contribution in [0.25, 0.3) is 10.7 Å². The van der Waals surface area contributed by atoms with Crippen LogP contribution in [0.5, 0.6) is 0 Å². The van der Waals surface area contributed by atoms with Crippen molar-refractivity contribution < 1.29 is 9.53 Å². The van der Waals surface area contributed by atoms with Gasteiger partial charge in [0.1, 0.15) is 5.25 Å². The number of rotatable bonds is 6. The zero-order valence-electron chi connectivity index (χ0n) is 13.4. The Bertz CT molecular complexity index is 801. The maximum atomic E-state index is 11.7. The van der Waals surface area contributed by atoms with Gasteiger partial charge in [-0.15, -0.1) is 21.5 Å². The minimum Gasteiger partial charge on any atom is -0.468 e. The fourth-order valence-corrected chi connectivity index (χ4v) is 3.84. The standard InChI is InChI=1S/C17H17N3O2S2/c1-12(16(21)22-2)24-17-19-18-15(14-9-6-10-23-14)20(17)11-13-7-4-3-5-8-13/h3-10,12H,11H2,1-2H3/t12-/m0/s1. The second kappa shape index (κ2) is 7.63. The average molecular weight is 359 g/mol. The topological polar surface area (TPSA) is 57.0 Å². The summed E-state index contributed by atoms with van der Waals surface area (Å²) < 4.78 is 6.85. The van der Waals surface area contributed by atoms with Gasteiger partial charge >= 0.3 is 5.97 Å². The van der Waals surface area contributed by atoms with Crippen molar-refractivity contribution in [1.82, 2.24) is 14.8 Å². The van der Waals surface area contributed by atoms with Crippen LogP contribution in [-0.4, -0.2) is 33.1 Å². The van der Waals surface area contributed by atoms with Gasteiger partial charge in [-0.05, 0) is 23.9 Å². The van der Waals surface area contributed by atoms with Crippen LogP contribution in [-0.2, 0) is 16.1 Å². The molecule has 0 saturated heterocycles. The molecule has 0 amide bonds. The first kappa shape index (κ1) is 16.7. The number of carbonyl (C=O) groups excluding carboxylic acids is 1. The Morgan fingerprint density at radius 3 is 2.71 bits per heavy atom. The lowest BCUT2D eigenvalue weighted by Crippen LogP contribution is -2.16. The van der Waals surface area contributed by atoms with Gasteiger partial charge in [0, 0.05) is 0 Å². The Balaban J connectivity index is 1.95. The molecule has 2 heterocycles. The number of hydrogen-bond donors (Lipinski definition) is 0. The predicted octanol–water partition coefficient (Wildman–Crippen LogP) is 3.71. The minimum absolute atomic E-state index is 0.271. The normalized spacial score (nSPS) is 12.1. The summed E-state index contributed by atoms with van der Waals surface area (Å²) in [6.07, 6.45) is 0. The quantitative estimate of drug-likeness (QED) is 0.496. The lowest BCUT2D eigenvalue weighted by atomic mass is 10.2. The van der Waals surface area contributed by atoms with Crippen molar-refractivity contribution in [3.05, 3.63) is 53.4 Å². The summed E-state index contributed by atoms with van der Waals surface area (Å²) in [5.41, 5.74) is 1.16. The second-order valence-corrected chi connectivity index (χ2v) is 7.39. The van der Waals surface area contributed by atoms with E-state index in [2.05, 4.69) is 22.3 Å². The van der Waals surface area contributed by atoms with E-state index in [0.717, 1.165) is 16.3 Å². The van der Waals surface area contributed by atoms with Crippen molar-refractivity contribution in [3.8, 4) is 10.7 Å². The van der Waals surface area contributed by atoms with Gasteiger partial charge in [-0.3, -0.25) is 9.36 Å². The van der Waals surface area contributed by atoms with Gasteiger partial charge in [-0.2, -0.15) is 0 Å². The Hall–Kier alpha value is -2.12. The van der Waals surface area contributed by atoms with E-state index in [-0.39, 0.29) is 11.2 Å². The molecular formula is C17H17N3O2S2. The molecular weight excluding hydrogens is 342 g/mol. The third-order valence-corrected chi connectivity index (χ3v) is 5.38. The van der Waals surface area contributed by atoms with Crippen molar-refractivity contribution in [1.29, 1.82) is 0 Å². The Morgan fingerprint density at radius 1 is 1.25 bits per heavy atom. The SMILES string of the molecule is COC(=O)[C@H](C)Sc1nnc(-c2cccs2)n1Cc1ccccc1. The highest BCUT2D eigenvalue weighted by Crippen LogP contribution is 2.30. The van der Waals surface area contributed by atoms with Gasteiger partial charge in [-0.1, -0.05) is 48.2 Å². The van der Waals surface area contributed by atoms with E-state index in [1.165, 1.54) is 18.9 Å². The summed E-state index contributed by atoms with van der Waals surface area (Å²) in [5.74, 6) is 0.542. The first-order valence-electron chi connectivity index (χ1n) is 7.44. The van der Waals surface area contributed by atoms with E-state index in [4.69, 9.17) is 4.74 Å². The number of aromatic nitrogens is 3. The first-order chi connectivity index (χ1) is 11.7. The van der Waals surface area contributed by atoms with Crippen molar-refractivity contribution in [2.45, 2.75) is 23.9 Å². The fourth-order valence-electron chi connectivity index (χ4n) is 2.24. The van der Waals surface area contributed by atoms with Gasteiger partial charge in [0.2, 0.25) is 0 Å². The van der Waals surface area contributed by atoms with E-state index in [9.17, 15) is 4.79 Å². The highest BCUT2D eigenvalue weighted by molar-refractivity contribution is 8.00. The molecule has 0 aliphatic carbocycles. The number of hydrogen-bond acceptors (Lipinski definition) is 6. The summed E-state index contributed by atoms with van der Waals surface area (Å²) in [6, 6.07) is 14.2. The van der Waals surface area contributed by atoms with Crippen molar-refractivity contribution in [2.24, 2.45) is 0 Å². The molecule has 7 heteroatoms. The molecule has 3 rings (SSSR count). The monoisotopic (exact) mass is 359 g/mol. The molecule has 0 saturated carbocycles. The van der Waals surface area contributed by atoms with Crippen molar-refractivity contribution >= 4 is 29.1 Å². The minimum atomic E-state index is -0.343. The zero-order chi connectivity index (χ0) is 16.9. The third kappa shape index (κ3) is 3.68. The van der Waals surface area contributed by atoms with Gasteiger partial charge < -0.3 is 4.74 Å². The van der Waals surface area contributed by atoms with E-state index in [1.807, 2.05) is 47.2 Å². The molecule has 0 bridgehead atoms. The van der Waals surface area contributed by atoms with Crippen LogP contribution in [0.4, 0.5) is 0 Å². The zero-order valence-corrected chi connectivity index (χ0v) is 15.0. The molecule has 1 aromatic carbocycles. The maximum Gasteiger partial charge on any atom is 0.318 e. The van der Waals surface area contributed by atoms with Crippen LogP contribution < -0.4 is 0 Å². The molecule has 0 unspecified atom stereocenters. The molecule has 0 aliphatic rings. The lowest BCUT2D eigenvalue weighted by Gasteiger charge is -2.12. The molecule has 0 spiro atoms. The lowest BCUT2D eigenvalue weighted by molar-refractivity contribution is -0.139. The summed E-state index contributed by atoms with van der Waals surface area (Å²) in [7, 11) is 1.39. The number of carbonyl (C=O) groups is 1. The molecule has 2 aromatic heterocycles. The Kier molecular flexibility index (Phi) is 5.32. The van der Waals surface area contributed by atoms with Crippen LogP contribution in [0.3, 0.4) is 0 Å². The number of thioether (sulfide) groups is 1. The summed E-state index contributed by atoms with van der Waals surface area (Å²) in [4.78, 5) is 12.8. The number of thiophene rings is 1. The molecule has 124 valence electrons. The van der Waals surface area contributed by atoms with E-state index in [0.29, 0.717) is 11.7 Å². The molecule has 3 aromatic rings. The van der Waals surface area contributed by atoms with Gasteiger partial charge in [0.15, 0.2) is 11.0 Å². The second-order valence-electron chi connectivity index (χ2n) is 5.14. The van der Waals surface area contributed by atoms with E-state index >= 15 is 0 Å². The molecule has 5 nitrogen and oxygen atoms in total. The van der Waals surface area contributed by atoms with Gasteiger partial charge in [0.05, 0.1) is 18.5 Å². The largest absolute Gasteiger partial charge is 0.468 e. The van der Waals surface area contributed by atoms with Gasteiger partial charge in [0.25, 0.3) is 0 Å². The first-order valence-corrected chi connectivity index (χ1v) is 9.20. The Morgan fingerprint density at radius 2 is 2.04 bits per heavy atom. The van der Waals surface area contributed by atoms with Crippen LogP contribution in [0.1, 0.15) is 12.5 Å². The number of methoxy groups -OCH3 is 1. The fraction of sp³-hybridized carbons (Fsp3) is 0.235. The third-order valence-electron chi connectivity index (χ3n) is 3.46. The maximum absolute atomic E-state index is 11.7. The van der Waals surface area contributed by atoms with Gasteiger partial charge in [-0.25, -0.2) is 0 Å². The number of benzene rings is 1. The number of nitrogens with zero attached hydrogens (tertiary/aromatic N) is 3.